The van der Waals surface area contributed by atoms with Crippen molar-refractivity contribution in [2.24, 2.45) is 0 Å². The molecule has 0 spiro atoms. The van der Waals surface area contributed by atoms with Crippen molar-refractivity contribution in [1.82, 2.24) is 0 Å². The number of hydrogen-bond donors (Lipinski definition) is 1. The summed E-state index contributed by atoms with van der Waals surface area (Å²) in [6.45, 7) is 15.1. The Labute approximate surface area is 125 Å². The summed E-state index contributed by atoms with van der Waals surface area (Å²) >= 11 is 0. The van der Waals surface area contributed by atoms with Gasteiger partial charge in [-0.15, -0.1) is 0 Å². The number of carbonyl (C=O) groups excluding carboxylic acids is 1. The number of ether oxygens (including phenoxy) is 1. The molecule has 0 fully saturated rings. The van der Waals surface area contributed by atoms with Gasteiger partial charge in [0.2, 0.25) is 8.32 Å². The lowest BCUT2D eigenvalue weighted by atomic mass is 10.4. The molecule has 0 aliphatic rings. The predicted octanol–water partition coefficient (Wildman–Crippen LogP) is 3.49. The van der Waals surface area contributed by atoms with Gasteiger partial charge in [0.05, 0.1) is 13.2 Å². The van der Waals surface area contributed by atoms with Crippen LogP contribution >= 0.6 is 0 Å². The Morgan fingerprint density at radius 3 is 1.80 bits per heavy atom. The topological polar surface area (TPSA) is 55.8 Å². The summed E-state index contributed by atoms with van der Waals surface area (Å²) in [7, 11) is -1.97. The molecule has 0 heterocycles. The van der Waals surface area contributed by atoms with Gasteiger partial charge in [-0.1, -0.05) is 48.5 Å². The van der Waals surface area contributed by atoms with E-state index < -0.39 is 14.4 Å². The molecular weight excluding hydrogens is 272 g/mol. The molecular formula is C15H32O4Si. The highest BCUT2D eigenvalue weighted by Gasteiger charge is 2.45. The molecule has 4 nitrogen and oxygen atoms in total. The fraction of sp³-hybridized carbons (Fsp3) is 0.933. The van der Waals surface area contributed by atoms with Crippen molar-refractivity contribution >= 4 is 14.3 Å². The molecule has 1 unspecified atom stereocenters. The monoisotopic (exact) mass is 304 g/mol. The number of carbonyl (C=O) groups is 1. The third-order valence-corrected chi connectivity index (χ3v) is 10.1. The van der Waals surface area contributed by atoms with Gasteiger partial charge in [-0.2, -0.15) is 0 Å². The fourth-order valence-electron chi connectivity index (χ4n) is 3.13. The summed E-state index contributed by atoms with van der Waals surface area (Å²) in [5, 5.41) is 9.34. The van der Waals surface area contributed by atoms with Crippen molar-refractivity contribution < 1.29 is 19.1 Å². The Morgan fingerprint density at radius 1 is 1.05 bits per heavy atom. The van der Waals surface area contributed by atoms with Gasteiger partial charge in [-0.05, 0) is 16.6 Å². The summed E-state index contributed by atoms with van der Waals surface area (Å²) < 4.78 is 11.5. The van der Waals surface area contributed by atoms with E-state index in [0.717, 1.165) is 0 Å². The Hall–Kier alpha value is -0.393. The standard InChI is InChI=1S/C15H32O4Si/c1-8-15(17)19-14(9-16)10-18-20(11(2)3,12(4)5)13(6)7/h11-14,16H,8-10H2,1-7H3. The molecule has 0 aromatic rings. The third-order valence-electron chi connectivity index (χ3n) is 4.02. The summed E-state index contributed by atoms with van der Waals surface area (Å²) in [4.78, 5) is 11.3. The van der Waals surface area contributed by atoms with Gasteiger partial charge in [-0.3, -0.25) is 4.79 Å². The number of hydrogen-bond acceptors (Lipinski definition) is 4. The molecule has 0 aromatic carbocycles. The van der Waals surface area contributed by atoms with Crippen LogP contribution in [0.15, 0.2) is 0 Å². The van der Waals surface area contributed by atoms with E-state index in [-0.39, 0.29) is 12.6 Å². The van der Waals surface area contributed by atoms with Gasteiger partial charge < -0.3 is 14.3 Å². The molecule has 1 N–H and O–H groups in total. The summed E-state index contributed by atoms with van der Waals surface area (Å²) in [6.07, 6.45) is -0.233. The lowest BCUT2D eigenvalue weighted by Gasteiger charge is -2.42. The highest BCUT2D eigenvalue weighted by atomic mass is 28.4. The SMILES string of the molecule is CCC(=O)OC(CO)CO[Si](C(C)C)(C(C)C)C(C)C. The van der Waals surface area contributed by atoms with Crippen LogP contribution < -0.4 is 0 Å². The minimum Gasteiger partial charge on any atom is -0.457 e. The predicted molar refractivity (Wildman–Crippen MR) is 84.3 cm³/mol. The van der Waals surface area contributed by atoms with Crippen LogP contribution in [0.4, 0.5) is 0 Å². The van der Waals surface area contributed by atoms with Gasteiger partial charge >= 0.3 is 5.97 Å². The van der Waals surface area contributed by atoms with E-state index >= 15 is 0 Å². The first-order valence-electron chi connectivity index (χ1n) is 7.66. The smallest absolute Gasteiger partial charge is 0.305 e. The first kappa shape index (κ1) is 19.6. The van der Waals surface area contributed by atoms with Crippen molar-refractivity contribution in [3.63, 3.8) is 0 Å². The fourth-order valence-corrected chi connectivity index (χ4v) is 8.61. The zero-order valence-electron chi connectivity index (χ0n) is 14.1. The minimum absolute atomic E-state index is 0.190. The van der Waals surface area contributed by atoms with E-state index in [0.29, 0.717) is 29.7 Å². The van der Waals surface area contributed by atoms with Crippen molar-refractivity contribution in [1.29, 1.82) is 0 Å². The normalized spacial score (nSPS) is 14.2. The lowest BCUT2D eigenvalue weighted by molar-refractivity contribution is -0.152. The van der Waals surface area contributed by atoms with Crippen LogP contribution in [0.3, 0.4) is 0 Å². The van der Waals surface area contributed by atoms with E-state index in [1.807, 2.05) is 0 Å². The van der Waals surface area contributed by atoms with Gasteiger partial charge in [0.15, 0.2) is 0 Å². The van der Waals surface area contributed by atoms with Crippen LogP contribution in [0.25, 0.3) is 0 Å². The molecule has 5 heteroatoms. The van der Waals surface area contributed by atoms with Crippen LogP contribution in [0.2, 0.25) is 16.6 Å². The van der Waals surface area contributed by atoms with Gasteiger partial charge in [-0.25, -0.2) is 0 Å². The maximum atomic E-state index is 11.3. The molecule has 0 aliphatic heterocycles. The molecule has 0 aromatic heterocycles. The lowest BCUT2D eigenvalue weighted by Crippen LogP contribution is -2.49. The number of aliphatic hydroxyl groups excluding tert-OH is 1. The third kappa shape index (κ3) is 4.86. The minimum atomic E-state index is -1.97. The van der Waals surface area contributed by atoms with E-state index in [1.165, 1.54) is 0 Å². The molecule has 0 bridgehead atoms. The zero-order chi connectivity index (χ0) is 15.9. The second kappa shape index (κ2) is 8.80. The average Bonchev–Trinajstić information content (AvgIpc) is 2.36. The summed E-state index contributed by atoms with van der Waals surface area (Å²) in [5.41, 5.74) is 1.43. The molecule has 0 saturated carbocycles. The van der Waals surface area contributed by atoms with Crippen LogP contribution in [-0.2, 0) is 14.0 Å². The summed E-state index contributed by atoms with van der Waals surface area (Å²) in [6, 6.07) is 0. The van der Waals surface area contributed by atoms with Crippen molar-refractivity contribution in [3.05, 3.63) is 0 Å². The Kier molecular flexibility index (Phi) is 8.62. The van der Waals surface area contributed by atoms with Crippen LogP contribution in [0.5, 0.6) is 0 Å². The van der Waals surface area contributed by atoms with E-state index in [9.17, 15) is 9.90 Å². The van der Waals surface area contributed by atoms with Gasteiger partial charge in [0.25, 0.3) is 0 Å². The molecule has 0 aliphatic carbocycles. The van der Waals surface area contributed by atoms with Gasteiger partial charge in [0.1, 0.15) is 6.10 Å². The first-order valence-corrected chi connectivity index (χ1v) is 9.80. The summed E-state index contributed by atoms with van der Waals surface area (Å²) in [5.74, 6) is -0.293. The van der Waals surface area contributed by atoms with Crippen molar-refractivity contribution in [2.45, 2.75) is 77.6 Å². The zero-order valence-corrected chi connectivity index (χ0v) is 15.1. The molecule has 0 radical (unpaired) electrons. The van der Waals surface area contributed by atoms with Crippen LogP contribution in [-0.4, -0.2) is 38.7 Å². The maximum absolute atomic E-state index is 11.3. The Balaban J connectivity index is 4.87. The second-order valence-corrected chi connectivity index (χ2v) is 11.7. The molecule has 20 heavy (non-hydrogen) atoms. The van der Waals surface area contributed by atoms with Crippen LogP contribution in [0.1, 0.15) is 54.9 Å². The highest BCUT2D eigenvalue weighted by molar-refractivity contribution is 6.77. The Bertz CT molecular complexity index is 268. The van der Waals surface area contributed by atoms with Crippen molar-refractivity contribution in [3.8, 4) is 0 Å². The maximum Gasteiger partial charge on any atom is 0.305 e. The number of rotatable bonds is 9. The van der Waals surface area contributed by atoms with E-state index in [4.69, 9.17) is 9.16 Å². The van der Waals surface area contributed by atoms with E-state index in [2.05, 4.69) is 41.5 Å². The highest BCUT2D eigenvalue weighted by Crippen LogP contribution is 2.42. The van der Waals surface area contributed by atoms with Gasteiger partial charge in [0, 0.05) is 6.42 Å². The number of aliphatic hydroxyl groups is 1. The van der Waals surface area contributed by atoms with Crippen LogP contribution in [0, 0.1) is 0 Å². The Morgan fingerprint density at radius 2 is 1.50 bits per heavy atom. The average molecular weight is 305 g/mol. The molecule has 0 rings (SSSR count). The molecule has 120 valence electrons. The molecule has 0 saturated heterocycles. The first-order chi connectivity index (χ1) is 9.22. The quantitative estimate of drug-likeness (QED) is 0.523. The number of esters is 1. The second-order valence-electron chi connectivity index (χ2n) is 6.28. The largest absolute Gasteiger partial charge is 0.457 e. The molecule has 0 amide bonds. The molecule has 1 atom stereocenters. The van der Waals surface area contributed by atoms with E-state index in [1.54, 1.807) is 6.92 Å². The van der Waals surface area contributed by atoms with Crippen molar-refractivity contribution in [2.75, 3.05) is 13.2 Å².